The summed E-state index contributed by atoms with van der Waals surface area (Å²) in [5, 5.41) is 11.5. The van der Waals surface area contributed by atoms with Crippen molar-refractivity contribution in [3.63, 3.8) is 0 Å². The molecule has 0 saturated heterocycles. The molecule has 0 unspecified atom stereocenters. The Morgan fingerprint density at radius 3 is 2.88 bits per heavy atom. The van der Waals surface area contributed by atoms with Gasteiger partial charge in [0.25, 0.3) is 0 Å². The second-order valence-corrected chi connectivity index (χ2v) is 3.81. The second kappa shape index (κ2) is 4.04. The number of aromatic nitrogens is 2. The summed E-state index contributed by atoms with van der Waals surface area (Å²) in [4.78, 5) is 14.8. The average molecular weight is 237 g/mol. The minimum Gasteiger partial charge on any atom is -0.480 e. The van der Waals surface area contributed by atoms with Crippen LogP contribution < -0.4 is 5.32 Å². The van der Waals surface area contributed by atoms with Crippen LogP contribution in [0.5, 0.6) is 0 Å². The first-order valence-electron chi connectivity index (χ1n) is 5.11. The lowest BCUT2D eigenvalue weighted by Crippen LogP contribution is -2.26. The van der Waals surface area contributed by atoms with Crippen LogP contribution in [-0.2, 0) is 11.8 Å². The molecule has 1 aromatic carbocycles. The molecule has 0 fully saturated rings. The van der Waals surface area contributed by atoms with E-state index in [-0.39, 0.29) is 5.52 Å². The number of hydrogen-bond donors (Lipinski definition) is 2. The summed E-state index contributed by atoms with van der Waals surface area (Å²) >= 11 is 0. The molecule has 0 bridgehead atoms. The number of hydrogen-bond acceptors (Lipinski definition) is 3. The zero-order valence-electron chi connectivity index (χ0n) is 9.44. The second-order valence-electron chi connectivity index (χ2n) is 3.81. The van der Waals surface area contributed by atoms with Crippen LogP contribution in [0.4, 0.5) is 10.3 Å². The fraction of sp³-hybridized carbons (Fsp3) is 0.273. The molecule has 5 nitrogen and oxygen atoms in total. The van der Waals surface area contributed by atoms with E-state index in [9.17, 15) is 9.18 Å². The van der Waals surface area contributed by atoms with Crippen LogP contribution in [0.3, 0.4) is 0 Å². The zero-order valence-corrected chi connectivity index (χ0v) is 9.44. The van der Waals surface area contributed by atoms with Crippen molar-refractivity contribution in [2.24, 2.45) is 7.05 Å². The highest BCUT2D eigenvalue weighted by Gasteiger charge is 2.16. The van der Waals surface area contributed by atoms with E-state index in [0.29, 0.717) is 11.5 Å². The van der Waals surface area contributed by atoms with E-state index in [0.717, 1.165) is 0 Å². The van der Waals surface area contributed by atoms with E-state index in [2.05, 4.69) is 10.3 Å². The zero-order chi connectivity index (χ0) is 12.6. The Kier molecular flexibility index (Phi) is 2.71. The Bertz CT molecular complexity index is 579. The van der Waals surface area contributed by atoms with E-state index in [1.807, 2.05) is 0 Å². The molecule has 1 heterocycles. The van der Waals surface area contributed by atoms with E-state index < -0.39 is 17.8 Å². The predicted molar refractivity (Wildman–Crippen MR) is 61.4 cm³/mol. The van der Waals surface area contributed by atoms with Gasteiger partial charge in [-0.15, -0.1) is 0 Å². The molecule has 0 radical (unpaired) electrons. The topological polar surface area (TPSA) is 67.2 Å². The summed E-state index contributed by atoms with van der Waals surface area (Å²) in [6, 6.07) is 3.85. The highest BCUT2D eigenvalue weighted by molar-refractivity contribution is 5.81. The van der Waals surface area contributed by atoms with Gasteiger partial charge in [0.05, 0.1) is 5.52 Å². The third kappa shape index (κ3) is 1.93. The number of anilines is 1. The number of benzene rings is 1. The van der Waals surface area contributed by atoms with Gasteiger partial charge in [0.1, 0.15) is 11.6 Å². The van der Waals surface area contributed by atoms with E-state index in [4.69, 9.17) is 5.11 Å². The third-order valence-electron chi connectivity index (χ3n) is 2.58. The van der Waals surface area contributed by atoms with Crippen molar-refractivity contribution in [3.05, 3.63) is 24.0 Å². The minimum absolute atomic E-state index is 0.232. The highest BCUT2D eigenvalue weighted by atomic mass is 19.1. The van der Waals surface area contributed by atoms with E-state index in [1.165, 1.54) is 13.0 Å². The summed E-state index contributed by atoms with van der Waals surface area (Å²) in [6.45, 7) is 1.50. The fourth-order valence-electron chi connectivity index (χ4n) is 1.56. The van der Waals surface area contributed by atoms with Crippen LogP contribution in [0.15, 0.2) is 18.2 Å². The van der Waals surface area contributed by atoms with Crippen LogP contribution in [-0.4, -0.2) is 26.7 Å². The molecule has 2 N–H and O–H groups in total. The lowest BCUT2D eigenvalue weighted by atomic mass is 10.3. The maximum absolute atomic E-state index is 13.5. The Labute approximate surface area is 96.9 Å². The van der Waals surface area contributed by atoms with Gasteiger partial charge in [-0.2, -0.15) is 0 Å². The third-order valence-corrected chi connectivity index (χ3v) is 2.58. The molecule has 0 aliphatic heterocycles. The van der Waals surface area contributed by atoms with Gasteiger partial charge in [-0.05, 0) is 19.1 Å². The van der Waals surface area contributed by atoms with Gasteiger partial charge in [-0.1, -0.05) is 6.07 Å². The molecule has 6 heteroatoms. The summed E-state index contributed by atoms with van der Waals surface area (Å²) in [6.07, 6.45) is 0. The quantitative estimate of drug-likeness (QED) is 0.850. The number of carboxylic acid groups (broad SMARTS) is 1. The van der Waals surface area contributed by atoms with E-state index >= 15 is 0 Å². The molecule has 17 heavy (non-hydrogen) atoms. The summed E-state index contributed by atoms with van der Waals surface area (Å²) in [5.74, 6) is -1.08. The number of carboxylic acids is 1. The number of aliphatic carboxylic acids is 1. The Morgan fingerprint density at radius 1 is 1.59 bits per heavy atom. The summed E-state index contributed by atoms with van der Waals surface area (Å²) in [5.41, 5.74) is 0.847. The smallest absolute Gasteiger partial charge is 0.325 e. The molecular weight excluding hydrogens is 225 g/mol. The Balaban J connectivity index is 2.46. The van der Waals surface area contributed by atoms with Gasteiger partial charge in [0.15, 0.2) is 5.82 Å². The monoisotopic (exact) mass is 237 g/mol. The lowest BCUT2D eigenvalue weighted by Gasteiger charge is -2.09. The van der Waals surface area contributed by atoms with Crippen LogP contribution in [0.2, 0.25) is 0 Å². The predicted octanol–water partition coefficient (Wildman–Crippen LogP) is 1.60. The van der Waals surface area contributed by atoms with Crippen molar-refractivity contribution >= 4 is 23.0 Å². The number of fused-ring (bicyclic) bond motifs is 1. The van der Waals surface area contributed by atoms with Crippen molar-refractivity contribution in [3.8, 4) is 0 Å². The molecule has 0 spiro atoms. The van der Waals surface area contributed by atoms with Crippen molar-refractivity contribution in [2.75, 3.05) is 5.32 Å². The normalized spacial score (nSPS) is 12.6. The standard InChI is InChI=1S/C11H12FN3O2/c1-6(10(16)17)13-11-14-9-7(12)4-3-5-8(9)15(11)2/h3-6H,1-2H3,(H,13,14)(H,16,17)/t6-/m0/s1. The van der Waals surface area contributed by atoms with Gasteiger partial charge in [0.2, 0.25) is 5.95 Å². The van der Waals surface area contributed by atoms with Crippen molar-refractivity contribution in [1.29, 1.82) is 0 Å². The Hall–Kier alpha value is -2.11. The molecule has 90 valence electrons. The van der Waals surface area contributed by atoms with Crippen LogP contribution in [0.1, 0.15) is 6.92 Å². The van der Waals surface area contributed by atoms with Crippen molar-refractivity contribution in [2.45, 2.75) is 13.0 Å². The molecule has 1 atom stereocenters. The van der Waals surface area contributed by atoms with Crippen molar-refractivity contribution in [1.82, 2.24) is 9.55 Å². The number of para-hydroxylation sites is 1. The SMILES string of the molecule is C[C@H](Nc1nc2c(F)cccc2n1C)C(=O)O. The molecule has 2 rings (SSSR count). The van der Waals surface area contributed by atoms with Gasteiger partial charge in [0, 0.05) is 7.05 Å². The molecule has 0 aliphatic carbocycles. The molecular formula is C11H12FN3O2. The lowest BCUT2D eigenvalue weighted by molar-refractivity contribution is -0.137. The minimum atomic E-state index is -0.988. The average Bonchev–Trinajstić information content (AvgIpc) is 2.58. The first kappa shape index (κ1) is 11.4. The number of aryl methyl sites for hydroxylation is 1. The molecule has 0 saturated carbocycles. The van der Waals surface area contributed by atoms with Gasteiger partial charge in [-0.25, -0.2) is 9.37 Å². The van der Waals surface area contributed by atoms with Crippen LogP contribution in [0.25, 0.3) is 11.0 Å². The molecule has 0 aliphatic rings. The largest absolute Gasteiger partial charge is 0.480 e. The summed E-state index contributed by atoms with van der Waals surface area (Å²) in [7, 11) is 1.70. The maximum Gasteiger partial charge on any atom is 0.325 e. The number of halogens is 1. The summed E-state index contributed by atoms with van der Waals surface area (Å²) < 4.78 is 15.1. The first-order valence-corrected chi connectivity index (χ1v) is 5.11. The maximum atomic E-state index is 13.5. The molecule has 0 amide bonds. The first-order chi connectivity index (χ1) is 8.00. The number of carbonyl (C=O) groups is 1. The van der Waals surface area contributed by atoms with Gasteiger partial charge < -0.3 is 15.0 Å². The van der Waals surface area contributed by atoms with Crippen molar-refractivity contribution < 1.29 is 14.3 Å². The number of imidazole rings is 1. The molecule has 1 aromatic heterocycles. The molecule has 2 aromatic rings. The van der Waals surface area contributed by atoms with E-state index in [1.54, 1.807) is 23.7 Å². The fourth-order valence-corrected chi connectivity index (χ4v) is 1.56. The number of nitrogens with one attached hydrogen (secondary N) is 1. The van der Waals surface area contributed by atoms with Crippen LogP contribution in [0, 0.1) is 5.82 Å². The Morgan fingerprint density at radius 2 is 2.29 bits per heavy atom. The van der Waals surface area contributed by atoms with Gasteiger partial charge >= 0.3 is 5.97 Å². The number of nitrogens with zero attached hydrogens (tertiary/aromatic N) is 2. The number of rotatable bonds is 3. The van der Waals surface area contributed by atoms with Gasteiger partial charge in [-0.3, -0.25) is 4.79 Å². The van der Waals surface area contributed by atoms with Crippen LogP contribution >= 0.6 is 0 Å². The highest BCUT2D eigenvalue weighted by Crippen LogP contribution is 2.20.